The first kappa shape index (κ1) is 33.2. The minimum absolute atomic E-state index is 0.00221. The average molecular weight is 662 g/mol. The van der Waals surface area contributed by atoms with Gasteiger partial charge in [-0.05, 0) is 72.9 Å². The Morgan fingerprint density at radius 1 is 0.870 bits per heavy atom. The van der Waals surface area contributed by atoms with E-state index < -0.39 is 34.3 Å². The second kappa shape index (κ2) is 14.9. The summed E-state index contributed by atoms with van der Waals surface area (Å²) in [7, 11) is -4.25. The zero-order valence-corrected chi connectivity index (χ0v) is 27.2. The summed E-state index contributed by atoms with van der Waals surface area (Å²) in [6, 6.07) is 26.9. The summed E-state index contributed by atoms with van der Waals surface area (Å²) < 4.78 is 43.3. The third kappa shape index (κ3) is 7.95. The Balaban J connectivity index is 1.58. The first-order valence-electron chi connectivity index (χ1n) is 15.3. The van der Waals surface area contributed by atoms with Gasteiger partial charge in [-0.3, -0.25) is 13.9 Å². The van der Waals surface area contributed by atoms with Crippen LogP contribution in [0.15, 0.2) is 108 Å². The molecule has 2 amide bonds. The Morgan fingerprint density at radius 3 is 2.15 bits per heavy atom. The Kier molecular flexibility index (Phi) is 10.8. The topological polar surface area (TPSA) is 86.8 Å². The Morgan fingerprint density at radius 2 is 1.50 bits per heavy atom. The quantitative estimate of drug-likeness (QED) is 0.184. The number of nitrogens with zero attached hydrogens (tertiary/aromatic N) is 2. The fourth-order valence-electron chi connectivity index (χ4n) is 5.81. The van der Waals surface area contributed by atoms with Gasteiger partial charge < -0.3 is 10.2 Å². The van der Waals surface area contributed by atoms with E-state index in [1.807, 2.05) is 30.3 Å². The summed E-state index contributed by atoms with van der Waals surface area (Å²) in [4.78, 5) is 30.1. The number of hydrogen-bond donors (Lipinski definition) is 1. The molecule has 0 heterocycles. The third-order valence-electron chi connectivity index (χ3n) is 8.36. The van der Waals surface area contributed by atoms with Crippen LogP contribution in [0.4, 0.5) is 10.1 Å². The SMILES string of the molecule is Cc1c(Cl)cccc1N(CC(=O)N(Cc1ccc(F)cc1)C(Cc1ccccc1)C(=O)NC1CCCC1)S(=O)(=O)c1ccccc1. The lowest BCUT2D eigenvalue weighted by atomic mass is 10.0. The van der Waals surface area contributed by atoms with Gasteiger partial charge in [-0.1, -0.05) is 91.2 Å². The number of rotatable bonds is 12. The maximum Gasteiger partial charge on any atom is 0.264 e. The molecule has 1 fully saturated rings. The van der Waals surface area contributed by atoms with Crippen LogP contribution in [-0.4, -0.2) is 43.8 Å². The second-order valence-corrected chi connectivity index (χ2v) is 13.8. The van der Waals surface area contributed by atoms with E-state index in [-0.39, 0.29) is 35.5 Å². The number of amides is 2. The molecule has 4 aromatic rings. The minimum atomic E-state index is -4.25. The molecular weight excluding hydrogens is 625 g/mol. The van der Waals surface area contributed by atoms with Gasteiger partial charge in [0, 0.05) is 24.0 Å². The van der Waals surface area contributed by atoms with E-state index in [0.29, 0.717) is 16.1 Å². The van der Waals surface area contributed by atoms with Gasteiger partial charge in [-0.25, -0.2) is 12.8 Å². The Hall–Kier alpha value is -4.21. The molecule has 0 saturated heterocycles. The normalized spacial score (nSPS) is 14.1. The smallest absolute Gasteiger partial charge is 0.264 e. The second-order valence-electron chi connectivity index (χ2n) is 11.6. The fourth-order valence-corrected chi connectivity index (χ4v) is 7.47. The monoisotopic (exact) mass is 661 g/mol. The molecule has 4 aromatic carbocycles. The van der Waals surface area contributed by atoms with Gasteiger partial charge in [0.15, 0.2) is 0 Å². The predicted octanol–water partition coefficient (Wildman–Crippen LogP) is 6.68. The maximum absolute atomic E-state index is 14.6. The molecule has 240 valence electrons. The summed E-state index contributed by atoms with van der Waals surface area (Å²) in [5.41, 5.74) is 2.17. The molecule has 1 N–H and O–H groups in total. The van der Waals surface area contributed by atoms with E-state index in [4.69, 9.17) is 11.6 Å². The molecule has 0 bridgehead atoms. The number of carbonyl (C=O) groups excluding carboxylic acids is 2. The molecule has 5 rings (SSSR count). The summed E-state index contributed by atoms with van der Waals surface area (Å²) in [6.45, 7) is 1.06. The van der Waals surface area contributed by atoms with Gasteiger partial charge in [0.25, 0.3) is 10.0 Å². The van der Waals surface area contributed by atoms with Crippen molar-refractivity contribution in [3.8, 4) is 0 Å². The number of benzene rings is 4. The van der Waals surface area contributed by atoms with Gasteiger partial charge in [-0.2, -0.15) is 0 Å². The van der Waals surface area contributed by atoms with Crippen LogP contribution in [0, 0.1) is 12.7 Å². The van der Waals surface area contributed by atoms with Crippen molar-refractivity contribution in [1.82, 2.24) is 10.2 Å². The number of carbonyl (C=O) groups is 2. The number of hydrogen-bond acceptors (Lipinski definition) is 4. The third-order valence-corrected chi connectivity index (χ3v) is 10.5. The minimum Gasteiger partial charge on any atom is -0.352 e. The van der Waals surface area contributed by atoms with Crippen LogP contribution in [0.1, 0.15) is 42.4 Å². The highest BCUT2D eigenvalue weighted by Gasteiger charge is 2.36. The van der Waals surface area contributed by atoms with Crippen molar-refractivity contribution in [1.29, 1.82) is 0 Å². The van der Waals surface area contributed by atoms with Gasteiger partial charge in [0.05, 0.1) is 10.6 Å². The Labute approximate surface area is 275 Å². The van der Waals surface area contributed by atoms with E-state index in [9.17, 15) is 22.4 Å². The van der Waals surface area contributed by atoms with Crippen molar-refractivity contribution in [3.63, 3.8) is 0 Å². The first-order chi connectivity index (χ1) is 22.1. The molecule has 1 aliphatic rings. The highest BCUT2D eigenvalue weighted by atomic mass is 35.5. The fraction of sp³-hybridized carbons (Fsp3) is 0.278. The van der Waals surface area contributed by atoms with Crippen molar-refractivity contribution < 1.29 is 22.4 Å². The summed E-state index contributed by atoms with van der Waals surface area (Å²) >= 11 is 6.44. The van der Waals surface area contributed by atoms with Crippen LogP contribution in [0.25, 0.3) is 0 Å². The Bertz CT molecular complexity index is 1750. The van der Waals surface area contributed by atoms with Crippen LogP contribution >= 0.6 is 11.6 Å². The number of nitrogens with one attached hydrogen (secondary N) is 1. The maximum atomic E-state index is 14.6. The molecule has 1 saturated carbocycles. The van der Waals surface area contributed by atoms with Crippen molar-refractivity contribution >= 4 is 39.1 Å². The van der Waals surface area contributed by atoms with E-state index in [1.54, 1.807) is 55.5 Å². The molecule has 46 heavy (non-hydrogen) atoms. The molecule has 1 unspecified atom stereocenters. The lowest BCUT2D eigenvalue weighted by molar-refractivity contribution is -0.140. The predicted molar refractivity (Wildman–Crippen MR) is 178 cm³/mol. The van der Waals surface area contributed by atoms with Crippen LogP contribution in [0.3, 0.4) is 0 Å². The van der Waals surface area contributed by atoms with E-state index in [0.717, 1.165) is 35.6 Å². The van der Waals surface area contributed by atoms with Crippen molar-refractivity contribution in [2.24, 2.45) is 0 Å². The van der Waals surface area contributed by atoms with E-state index in [1.165, 1.54) is 29.2 Å². The van der Waals surface area contributed by atoms with Crippen molar-refractivity contribution in [2.45, 2.75) is 62.6 Å². The largest absolute Gasteiger partial charge is 0.352 e. The number of halogens is 2. The molecule has 0 aromatic heterocycles. The molecule has 0 spiro atoms. The molecule has 7 nitrogen and oxygen atoms in total. The molecule has 0 radical (unpaired) electrons. The first-order valence-corrected chi connectivity index (χ1v) is 17.2. The van der Waals surface area contributed by atoms with Gasteiger partial charge >= 0.3 is 0 Å². The van der Waals surface area contributed by atoms with Gasteiger partial charge in [0.2, 0.25) is 11.8 Å². The molecule has 1 atom stereocenters. The van der Waals surface area contributed by atoms with Gasteiger partial charge in [0.1, 0.15) is 18.4 Å². The van der Waals surface area contributed by atoms with Crippen molar-refractivity contribution in [2.75, 3.05) is 10.8 Å². The average Bonchev–Trinajstić information content (AvgIpc) is 3.57. The van der Waals surface area contributed by atoms with E-state index in [2.05, 4.69) is 5.32 Å². The molecule has 0 aliphatic heterocycles. The highest BCUT2D eigenvalue weighted by Crippen LogP contribution is 2.31. The zero-order valence-electron chi connectivity index (χ0n) is 25.6. The summed E-state index contributed by atoms with van der Waals surface area (Å²) in [5.74, 6) is -1.34. The molecule has 10 heteroatoms. The van der Waals surface area contributed by atoms with E-state index >= 15 is 0 Å². The molecular formula is C36H37ClFN3O4S. The summed E-state index contributed by atoms with van der Waals surface area (Å²) in [6.07, 6.45) is 3.93. The van der Waals surface area contributed by atoms with Crippen LogP contribution < -0.4 is 9.62 Å². The standard InChI is InChI=1S/C36H37ClFN3O4S/c1-26-32(37)17-10-18-33(26)41(46(44,45)31-15-6-3-7-16-31)25-35(42)40(24-28-19-21-29(38)22-20-28)34(23-27-11-4-2-5-12-27)36(43)39-30-13-8-9-14-30/h2-7,10-12,15-22,30,34H,8-9,13-14,23-25H2,1H3,(H,39,43). The number of anilines is 1. The van der Waals surface area contributed by atoms with Crippen molar-refractivity contribution in [3.05, 3.63) is 131 Å². The van der Waals surface area contributed by atoms with Crippen LogP contribution in [0.2, 0.25) is 5.02 Å². The van der Waals surface area contributed by atoms with Crippen LogP contribution in [-0.2, 0) is 32.6 Å². The summed E-state index contributed by atoms with van der Waals surface area (Å²) in [5, 5.41) is 3.49. The van der Waals surface area contributed by atoms with Gasteiger partial charge in [-0.15, -0.1) is 0 Å². The van der Waals surface area contributed by atoms with Crippen LogP contribution in [0.5, 0.6) is 0 Å². The zero-order chi connectivity index (χ0) is 32.7. The highest BCUT2D eigenvalue weighted by molar-refractivity contribution is 7.92. The molecule has 1 aliphatic carbocycles. The lowest BCUT2D eigenvalue weighted by Gasteiger charge is -2.34. The number of sulfonamides is 1. The lowest BCUT2D eigenvalue weighted by Crippen LogP contribution is -2.54.